The first kappa shape index (κ1) is 28.0. The zero-order chi connectivity index (χ0) is 27.8. The quantitative estimate of drug-likeness (QED) is 0.195. The van der Waals surface area contributed by atoms with Crippen LogP contribution in [-0.4, -0.2) is 115 Å². The van der Waals surface area contributed by atoms with Crippen molar-refractivity contribution in [3.63, 3.8) is 0 Å². The van der Waals surface area contributed by atoms with Crippen LogP contribution in [0, 0.1) is 5.92 Å². The average Bonchev–Trinajstić information content (AvgIpc) is 3.44. The maximum atomic E-state index is 15.9. The van der Waals surface area contributed by atoms with Gasteiger partial charge in [0.2, 0.25) is 5.91 Å². The molecule has 6 rings (SSSR count). The van der Waals surface area contributed by atoms with Gasteiger partial charge in [0.15, 0.2) is 0 Å². The minimum Gasteiger partial charge on any atom is -0.490 e. The van der Waals surface area contributed by atoms with Gasteiger partial charge >= 0.3 is 0 Å². The van der Waals surface area contributed by atoms with E-state index < -0.39 is 6.17 Å². The topological polar surface area (TPSA) is 120 Å². The van der Waals surface area contributed by atoms with E-state index in [0.29, 0.717) is 32.8 Å². The lowest BCUT2D eigenvalue weighted by atomic mass is 9.82. The van der Waals surface area contributed by atoms with Crippen LogP contribution in [0.15, 0.2) is 36.8 Å². The number of alkyl halides is 1. The second kappa shape index (κ2) is 12.0. The number of ether oxygens (including phenoxy) is 1. The molecule has 0 aromatic carbocycles. The molecule has 1 amide bonds. The Morgan fingerprint density at radius 2 is 2.05 bits per heavy atom. The molecule has 10 atom stereocenters. The van der Waals surface area contributed by atoms with Crippen LogP contribution in [0.3, 0.4) is 0 Å². The van der Waals surface area contributed by atoms with Crippen molar-refractivity contribution in [2.45, 2.75) is 81.8 Å². The summed E-state index contributed by atoms with van der Waals surface area (Å²) < 4.78 is 22.2. The predicted octanol–water partition coefficient (Wildman–Crippen LogP) is -1.39. The highest BCUT2D eigenvalue weighted by atomic mass is 19.1. The summed E-state index contributed by atoms with van der Waals surface area (Å²) in [6.07, 6.45) is 7.64. The molecular weight excluding hydrogens is 515 g/mol. The highest BCUT2D eigenvalue weighted by molar-refractivity contribution is 5.87. The zero-order valence-electron chi connectivity index (χ0n) is 23.5. The average molecular weight is 561 g/mol. The van der Waals surface area contributed by atoms with Crippen molar-refractivity contribution in [3.05, 3.63) is 36.8 Å². The van der Waals surface area contributed by atoms with E-state index in [-0.39, 0.29) is 60.7 Å². The summed E-state index contributed by atoms with van der Waals surface area (Å²) in [5.74, 6) is 0.553. The van der Waals surface area contributed by atoms with Crippen molar-refractivity contribution >= 4 is 5.91 Å². The highest BCUT2D eigenvalue weighted by Gasteiger charge is 2.45. The maximum Gasteiger partial charge on any atom is 0.246 e. The Balaban J connectivity index is 1.04. The molecule has 222 valence electrons. The van der Waals surface area contributed by atoms with Crippen LogP contribution in [0.5, 0.6) is 0 Å². The molecule has 7 N–H and O–H groups in total. The molecule has 5 aliphatic heterocycles. The number of piperazine rings is 1. The number of rotatable bonds is 6. The number of nitrogens with zero attached hydrogens (tertiary/aromatic N) is 3. The summed E-state index contributed by atoms with van der Waals surface area (Å²) >= 11 is 0. The normalized spacial score (nSPS) is 42.1. The number of hydrogen-bond acceptors (Lipinski definition) is 11. The van der Waals surface area contributed by atoms with E-state index in [0.717, 1.165) is 25.3 Å². The fraction of sp³-hybridized carbons (Fsp3) is 0.741. The molecule has 5 fully saturated rings. The van der Waals surface area contributed by atoms with E-state index in [1.807, 2.05) is 35.2 Å². The number of fused-ring (bicyclic) bond motifs is 2. The number of nitrogens with one attached hydrogen (secondary N) is 7. The van der Waals surface area contributed by atoms with E-state index in [4.69, 9.17) is 4.74 Å². The van der Waals surface area contributed by atoms with E-state index in [1.54, 1.807) is 0 Å². The number of halogens is 1. The van der Waals surface area contributed by atoms with Crippen LogP contribution in [-0.2, 0) is 9.53 Å². The molecule has 0 radical (unpaired) electrons. The van der Waals surface area contributed by atoms with Crippen molar-refractivity contribution in [1.82, 2.24) is 52.1 Å². The van der Waals surface area contributed by atoms with Gasteiger partial charge in [0, 0.05) is 63.1 Å². The fourth-order valence-corrected chi connectivity index (χ4v) is 6.99. The number of hydrogen-bond donors (Lipinski definition) is 7. The van der Waals surface area contributed by atoms with Crippen LogP contribution in [0.2, 0.25) is 0 Å². The molecule has 0 aromatic rings. The number of carbonyl (C=O) groups is 1. The van der Waals surface area contributed by atoms with Gasteiger partial charge in [-0.1, -0.05) is 13.5 Å². The summed E-state index contributed by atoms with van der Waals surface area (Å²) in [7, 11) is 0. The number of allylic oxidation sites excluding steroid dienone is 1. The fourth-order valence-electron chi connectivity index (χ4n) is 6.99. The van der Waals surface area contributed by atoms with Crippen LogP contribution in [0.4, 0.5) is 4.39 Å². The summed E-state index contributed by atoms with van der Waals surface area (Å²) in [6, 6.07) is 0.233. The molecule has 12 nitrogen and oxygen atoms in total. The molecule has 5 heterocycles. The molecule has 0 spiro atoms. The zero-order valence-corrected chi connectivity index (χ0v) is 23.5. The van der Waals surface area contributed by atoms with Gasteiger partial charge in [0.25, 0.3) is 0 Å². The van der Waals surface area contributed by atoms with Crippen molar-refractivity contribution in [2.75, 3.05) is 39.5 Å². The smallest absolute Gasteiger partial charge is 0.246 e. The second-order valence-electron chi connectivity index (χ2n) is 11.8. The third-order valence-corrected chi connectivity index (χ3v) is 9.37. The summed E-state index contributed by atoms with van der Waals surface area (Å²) in [4.78, 5) is 16.3. The van der Waals surface area contributed by atoms with E-state index in [9.17, 15) is 4.79 Å². The molecule has 6 aliphatic rings. The van der Waals surface area contributed by atoms with Crippen molar-refractivity contribution in [2.24, 2.45) is 5.92 Å². The lowest BCUT2D eigenvalue weighted by Crippen LogP contribution is -2.80. The minimum absolute atomic E-state index is 0.0158. The molecule has 1 aliphatic carbocycles. The first-order valence-electron chi connectivity index (χ1n) is 14.8. The van der Waals surface area contributed by atoms with Crippen molar-refractivity contribution in [3.8, 4) is 0 Å². The number of hydrazine groups is 1. The maximum absolute atomic E-state index is 15.9. The Hall–Kier alpha value is -2.10. The van der Waals surface area contributed by atoms with Gasteiger partial charge in [-0.15, -0.1) is 0 Å². The Morgan fingerprint density at radius 1 is 1.18 bits per heavy atom. The van der Waals surface area contributed by atoms with Crippen molar-refractivity contribution < 1.29 is 13.9 Å². The number of carbonyl (C=O) groups excluding carboxylic acids is 1. The number of amides is 1. The van der Waals surface area contributed by atoms with Crippen LogP contribution < -0.4 is 37.3 Å². The third-order valence-electron chi connectivity index (χ3n) is 9.37. The van der Waals surface area contributed by atoms with E-state index >= 15 is 4.39 Å². The van der Waals surface area contributed by atoms with Gasteiger partial charge in [0.1, 0.15) is 30.5 Å². The third kappa shape index (κ3) is 5.66. The molecule has 0 bridgehead atoms. The summed E-state index contributed by atoms with van der Waals surface area (Å²) in [6.45, 7) is 12.0. The molecule has 13 heteroatoms. The Kier molecular flexibility index (Phi) is 8.43. The molecule has 4 saturated heterocycles. The molecule has 0 aromatic heterocycles. The van der Waals surface area contributed by atoms with Gasteiger partial charge in [-0.25, -0.2) is 9.82 Å². The predicted molar refractivity (Wildman–Crippen MR) is 149 cm³/mol. The van der Waals surface area contributed by atoms with Crippen LogP contribution in [0.25, 0.3) is 0 Å². The second-order valence-corrected chi connectivity index (χ2v) is 11.8. The van der Waals surface area contributed by atoms with Gasteiger partial charge in [-0.05, 0) is 38.0 Å². The lowest BCUT2D eigenvalue weighted by Gasteiger charge is -2.52. The summed E-state index contributed by atoms with van der Waals surface area (Å²) in [5, 5.41) is 23.5. The van der Waals surface area contributed by atoms with Crippen LogP contribution >= 0.6 is 0 Å². The largest absolute Gasteiger partial charge is 0.490 e. The Morgan fingerprint density at radius 3 is 2.88 bits per heavy atom. The molecular formula is C27H45FN10O2. The molecule has 40 heavy (non-hydrogen) atoms. The van der Waals surface area contributed by atoms with Gasteiger partial charge in [-0.3, -0.25) is 46.6 Å². The monoisotopic (exact) mass is 560 g/mol. The first-order valence-corrected chi connectivity index (χ1v) is 14.8. The standard InChI is InChI=1S/C27H45FN10O2/c1-4-23(39)36-9-10-37(16(2)13-36)27-29-12-20-25(35-27)26(32-14-30-20)34-19-5-6-21(17(3)24(19)28)40-18-7-8-38-22(11-18)31-15-33-38/h4,7-8,11,16-17,19-22,24-27,29-35H,1,5-6,9-10,12-15H2,2-3H3/t16-,17?,19?,20?,21?,22?,24?,25?,26?,27?/m1/s1. The SMILES string of the molecule is C=CC(=O)N1CCN(C2NCC3NCNC(NC4CCC(OC5=CC6NCNN6C=C5)C(C)C4F)C3N2)[C@H](C)C1. The Labute approximate surface area is 236 Å². The Bertz CT molecular complexity index is 998. The van der Waals surface area contributed by atoms with Crippen molar-refractivity contribution in [1.29, 1.82) is 0 Å². The highest BCUT2D eigenvalue weighted by Crippen LogP contribution is 2.32. The molecule has 1 saturated carbocycles. The van der Waals surface area contributed by atoms with E-state index in [1.165, 1.54) is 6.08 Å². The first-order chi connectivity index (χ1) is 19.4. The summed E-state index contributed by atoms with van der Waals surface area (Å²) in [5.41, 5.74) is 3.22. The van der Waals surface area contributed by atoms with Gasteiger partial charge in [-0.2, -0.15) is 0 Å². The van der Waals surface area contributed by atoms with Crippen LogP contribution in [0.1, 0.15) is 26.7 Å². The van der Waals surface area contributed by atoms with E-state index in [2.05, 4.69) is 55.7 Å². The lowest BCUT2D eigenvalue weighted by molar-refractivity contribution is -0.130. The van der Waals surface area contributed by atoms with Gasteiger partial charge < -0.3 is 9.64 Å². The van der Waals surface area contributed by atoms with Gasteiger partial charge in [0.05, 0.1) is 18.9 Å². The minimum atomic E-state index is -1.02. The molecule has 9 unspecified atom stereocenters.